The molecule has 3 N–H and O–H groups in total. The number of halogens is 3. The number of carboxylic acids is 1. The highest BCUT2D eigenvalue weighted by atomic mass is 32.2. The van der Waals surface area contributed by atoms with E-state index in [0.717, 1.165) is 17.7 Å². The fraction of sp³-hybridized carbons (Fsp3) is 0.458. The molecule has 2 fully saturated rings. The number of carbonyl (C=O) groups excluding carboxylic acids is 3. The van der Waals surface area contributed by atoms with Crippen LogP contribution in [0.1, 0.15) is 31.4 Å². The summed E-state index contributed by atoms with van der Waals surface area (Å²) >= 11 is 3.08. The number of anilines is 1. The zero-order valence-corrected chi connectivity index (χ0v) is 25.5. The first kappa shape index (κ1) is 32.4. The second kappa shape index (κ2) is 13.6. The molecule has 1 saturated carbocycles. The fourth-order valence-corrected chi connectivity index (χ4v) is 7.69. The Morgan fingerprint density at radius 3 is 2.73 bits per heavy atom. The van der Waals surface area contributed by atoms with Gasteiger partial charge in [0, 0.05) is 16.9 Å². The minimum atomic E-state index is -5.15. The second-order valence-electron chi connectivity index (χ2n) is 9.78. The van der Waals surface area contributed by atoms with Gasteiger partial charge in [0.2, 0.25) is 5.16 Å². The molecule has 21 heteroatoms. The molecule has 2 aromatic rings. The zero-order valence-electron chi connectivity index (χ0n) is 23.0. The smallest absolute Gasteiger partial charge is 0.471 e. The maximum absolute atomic E-state index is 13.4. The Balaban J connectivity index is 1.31. The van der Waals surface area contributed by atoms with Crippen LogP contribution in [0.3, 0.4) is 0 Å². The molecule has 3 aliphatic rings. The van der Waals surface area contributed by atoms with Gasteiger partial charge < -0.3 is 15.3 Å². The van der Waals surface area contributed by atoms with Crippen LogP contribution in [0.15, 0.2) is 39.6 Å². The monoisotopic (exact) mass is 687 g/mol. The van der Waals surface area contributed by atoms with Gasteiger partial charge in [0.15, 0.2) is 10.8 Å². The largest absolute Gasteiger partial charge is 0.477 e. The van der Waals surface area contributed by atoms with Crippen molar-refractivity contribution in [2.45, 2.75) is 61.1 Å². The van der Waals surface area contributed by atoms with Crippen LogP contribution < -0.4 is 10.6 Å². The van der Waals surface area contributed by atoms with E-state index in [2.05, 4.69) is 37.6 Å². The van der Waals surface area contributed by atoms with Crippen LogP contribution in [-0.2, 0) is 30.6 Å². The number of nitrogens with one attached hydrogen (secondary N) is 2. The molecule has 45 heavy (non-hydrogen) atoms. The fourth-order valence-electron chi connectivity index (χ4n) is 4.63. The molecule has 0 aromatic carbocycles. The van der Waals surface area contributed by atoms with Crippen LogP contribution in [-0.4, -0.2) is 99.8 Å². The van der Waals surface area contributed by atoms with Crippen molar-refractivity contribution in [1.29, 1.82) is 0 Å². The summed E-state index contributed by atoms with van der Waals surface area (Å²) in [6.45, 7) is 3.99. The normalized spacial score (nSPS) is 20.5. The van der Waals surface area contributed by atoms with E-state index in [1.807, 2.05) is 0 Å². The number of carbonyl (C=O) groups is 4. The maximum atomic E-state index is 13.4. The summed E-state index contributed by atoms with van der Waals surface area (Å²) in [4.78, 5) is 60.7. The van der Waals surface area contributed by atoms with Crippen molar-refractivity contribution >= 4 is 69.4 Å². The van der Waals surface area contributed by atoms with Crippen molar-refractivity contribution in [3.05, 3.63) is 35.0 Å². The van der Waals surface area contributed by atoms with Gasteiger partial charge in [-0.1, -0.05) is 23.0 Å². The maximum Gasteiger partial charge on any atom is 0.471 e. The highest BCUT2D eigenvalue weighted by Gasteiger charge is 2.54. The molecule has 0 bridgehead atoms. The Labute approximate surface area is 264 Å². The molecule has 4 heterocycles. The number of alkyl halides is 3. The lowest BCUT2D eigenvalue weighted by Gasteiger charge is -2.49. The van der Waals surface area contributed by atoms with Crippen LogP contribution in [0, 0.1) is 0 Å². The van der Waals surface area contributed by atoms with E-state index < -0.39 is 52.1 Å². The van der Waals surface area contributed by atoms with Gasteiger partial charge in [-0.3, -0.25) is 24.6 Å². The van der Waals surface area contributed by atoms with Gasteiger partial charge in [-0.15, -0.1) is 34.8 Å². The Bertz CT molecular complexity index is 1570. The number of rotatable bonds is 12. The Hall–Kier alpha value is -3.98. The standard InChI is InChI=1S/C24H24F3N9O6S3/c1-2-7-35-23(31-33-34-35)45-9-11-8-43-19-15(18(38)36(19)16(11)20(39)40)29-17(37)14(32-42-12-5-3-4-6-12)13-10-44-22(28-13)30-21(41)24(25,26)27/h2,10,12,15,19H,1,3-9H2,(H,29,37)(H,39,40)(H,28,30,41)/t15?,19-/m0/s1. The predicted octanol–water partition coefficient (Wildman–Crippen LogP) is 2.01. The molecular formula is C24H24F3N9O6S3. The first-order valence-electron chi connectivity index (χ1n) is 13.3. The number of oxime groups is 1. The van der Waals surface area contributed by atoms with E-state index in [1.54, 1.807) is 11.4 Å². The van der Waals surface area contributed by atoms with Crippen molar-refractivity contribution in [3.63, 3.8) is 0 Å². The van der Waals surface area contributed by atoms with Crippen molar-refractivity contribution < 1.29 is 42.3 Å². The van der Waals surface area contributed by atoms with Gasteiger partial charge in [0.05, 0.1) is 6.54 Å². The molecule has 1 saturated heterocycles. The van der Waals surface area contributed by atoms with Gasteiger partial charge in [-0.05, 0) is 41.7 Å². The Morgan fingerprint density at radius 1 is 1.29 bits per heavy atom. The molecule has 240 valence electrons. The molecule has 0 spiro atoms. The number of thioether (sulfide) groups is 2. The predicted molar refractivity (Wildman–Crippen MR) is 155 cm³/mol. The van der Waals surface area contributed by atoms with Gasteiger partial charge in [0.1, 0.15) is 28.9 Å². The first-order chi connectivity index (χ1) is 21.5. The molecule has 15 nitrogen and oxygen atoms in total. The van der Waals surface area contributed by atoms with E-state index in [4.69, 9.17) is 4.84 Å². The van der Waals surface area contributed by atoms with Gasteiger partial charge in [0.25, 0.3) is 11.8 Å². The lowest BCUT2D eigenvalue weighted by Crippen LogP contribution is -2.71. The molecule has 5 rings (SSSR count). The topological polar surface area (TPSA) is 194 Å². The van der Waals surface area contributed by atoms with Gasteiger partial charge >= 0.3 is 18.1 Å². The minimum Gasteiger partial charge on any atom is -0.477 e. The van der Waals surface area contributed by atoms with E-state index in [0.29, 0.717) is 41.5 Å². The molecule has 1 aliphatic carbocycles. The third-order valence-electron chi connectivity index (χ3n) is 6.75. The summed E-state index contributed by atoms with van der Waals surface area (Å²) < 4.78 is 39.6. The minimum absolute atomic E-state index is 0.183. The highest BCUT2D eigenvalue weighted by molar-refractivity contribution is 8.01. The number of amides is 3. The number of hydrogen-bond donors (Lipinski definition) is 3. The number of hydrogen-bond acceptors (Lipinski definition) is 13. The van der Waals surface area contributed by atoms with Crippen molar-refractivity contribution in [1.82, 2.24) is 35.4 Å². The van der Waals surface area contributed by atoms with Crippen LogP contribution in [0.25, 0.3) is 0 Å². The number of fused-ring (bicyclic) bond motifs is 1. The summed E-state index contributed by atoms with van der Waals surface area (Å²) in [5.41, 5.74) is -0.339. The van der Waals surface area contributed by atoms with E-state index in [1.165, 1.54) is 33.6 Å². The van der Waals surface area contributed by atoms with Crippen molar-refractivity contribution in [3.8, 4) is 0 Å². The van der Waals surface area contributed by atoms with E-state index >= 15 is 0 Å². The van der Waals surface area contributed by atoms with Gasteiger partial charge in [-0.25, -0.2) is 14.5 Å². The van der Waals surface area contributed by atoms with Crippen LogP contribution >= 0.6 is 34.9 Å². The number of tetrazole rings is 1. The molecule has 0 radical (unpaired) electrons. The number of allylic oxidation sites excluding steroid dienone is 1. The SMILES string of the molecule is C=CCn1nnnc1SCC1=C(C(=O)O)N2C(=O)C(NC(=O)C(=NOC3CCCC3)c3csc(NC(=O)C(F)(F)F)n3)[C@@H]2SC1. The number of carboxylic acid groups (broad SMARTS) is 1. The Kier molecular flexibility index (Phi) is 9.77. The van der Waals surface area contributed by atoms with Crippen molar-refractivity contribution in [2.75, 3.05) is 16.8 Å². The van der Waals surface area contributed by atoms with E-state index in [-0.39, 0.29) is 29.0 Å². The summed E-state index contributed by atoms with van der Waals surface area (Å²) in [6.07, 6.45) is -0.675. The van der Waals surface area contributed by atoms with Crippen LogP contribution in [0.5, 0.6) is 0 Å². The summed E-state index contributed by atoms with van der Waals surface area (Å²) in [5.74, 6) is -4.72. The zero-order chi connectivity index (χ0) is 32.3. The van der Waals surface area contributed by atoms with Crippen LogP contribution in [0.2, 0.25) is 0 Å². The first-order valence-corrected chi connectivity index (χ1v) is 16.2. The van der Waals surface area contributed by atoms with Crippen LogP contribution in [0.4, 0.5) is 18.3 Å². The number of aromatic nitrogens is 5. The molecule has 3 amide bonds. The summed E-state index contributed by atoms with van der Waals surface area (Å²) in [7, 11) is 0. The second-order valence-corrected chi connectivity index (χ2v) is 12.7. The number of aliphatic carboxylic acids is 1. The molecule has 2 aliphatic heterocycles. The molecule has 2 aromatic heterocycles. The Morgan fingerprint density at radius 2 is 2.04 bits per heavy atom. The summed E-state index contributed by atoms with van der Waals surface area (Å²) in [6, 6.07) is -1.13. The molecule has 2 atom stereocenters. The van der Waals surface area contributed by atoms with Crippen molar-refractivity contribution in [2.24, 2.45) is 5.16 Å². The molecule has 1 unspecified atom stereocenters. The average molecular weight is 688 g/mol. The average Bonchev–Trinajstić information content (AvgIpc) is 3.77. The summed E-state index contributed by atoms with van der Waals surface area (Å²) in [5, 5.41) is 29.9. The quantitative estimate of drug-likeness (QED) is 0.0968. The highest BCUT2D eigenvalue weighted by Crippen LogP contribution is 2.41. The third-order valence-corrected chi connectivity index (χ3v) is 9.89. The van der Waals surface area contributed by atoms with Gasteiger partial charge in [-0.2, -0.15) is 13.2 Å². The molecular weight excluding hydrogens is 664 g/mol. The lowest BCUT2D eigenvalue weighted by molar-refractivity contribution is -0.167. The number of β-lactam (4-membered cyclic amide) rings is 1. The van der Waals surface area contributed by atoms with E-state index in [9.17, 15) is 37.5 Å². The third kappa shape index (κ3) is 7.14. The number of nitrogens with zero attached hydrogens (tertiary/aromatic N) is 7. The number of thiazole rings is 1. The lowest BCUT2D eigenvalue weighted by atomic mass is 10.0.